The molecule has 0 spiro atoms. The molecule has 2 fully saturated rings. The van der Waals surface area contributed by atoms with E-state index in [0.717, 1.165) is 44.9 Å². The van der Waals surface area contributed by atoms with Crippen LogP contribution in [0.25, 0.3) is 0 Å². The Hall–Kier alpha value is -0.920. The summed E-state index contributed by atoms with van der Waals surface area (Å²) < 4.78 is 0. The second-order valence-electron chi connectivity index (χ2n) is 7.15. The zero-order chi connectivity index (χ0) is 15.2. The van der Waals surface area contributed by atoms with Crippen LogP contribution in [0.1, 0.15) is 71.1 Å². The number of carbonyl (C=O) groups is 2. The lowest BCUT2D eigenvalue weighted by Gasteiger charge is -2.30. The average Bonchev–Trinajstić information content (AvgIpc) is 2.53. The summed E-state index contributed by atoms with van der Waals surface area (Å²) in [6.45, 7) is 5.49. The number of rotatable bonds is 6. The Morgan fingerprint density at radius 2 is 1.67 bits per heavy atom. The second kappa shape index (κ2) is 7.91. The van der Waals surface area contributed by atoms with Crippen LogP contribution in [0, 0.1) is 23.7 Å². The van der Waals surface area contributed by atoms with Crippen LogP contribution in [0.3, 0.4) is 0 Å². The van der Waals surface area contributed by atoms with Crippen molar-refractivity contribution in [3.05, 3.63) is 12.7 Å². The maximum Gasteiger partial charge on any atom is 0.146 e. The monoisotopic (exact) mass is 290 g/mol. The molecule has 2 nitrogen and oxygen atoms in total. The molecule has 0 N–H and O–H groups in total. The molecule has 0 amide bonds. The lowest BCUT2D eigenvalue weighted by molar-refractivity contribution is -0.135. The first-order valence-corrected chi connectivity index (χ1v) is 8.78. The number of Topliss-reactive ketones (excluding diaryl/α,β-unsaturated/α-hetero) is 2. The summed E-state index contributed by atoms with van der Waals surface area (Å²) >= 11 is 0. The van der Waals surface area contributed by atoms with Crippen molar-refractivity contribution in [2.75, 3.05) is 0 Å². The molecule has 0 aromatic carbocycles. The van der Waals surface area contributed by atoms with Gasteiger partial charge in [0.2, 0.25) is 0 Å². The van der Waals surface area contributed by atoms with E-state index in [1.807, 2.05) is 0 Å². The smallest absolute Gasteiger partial charge is 0.146 e. The summed E-state index contributed by atoms with van der Waals surface area (Å²) in [5.41, 5.74) is 0. The quantitative estimate of drug-likeness (QED) is 0.524. The van der Waals surface area contributed by atoms with Crippen LogP contribution >= 0.6 is 0 Å². The van der Waals surface area contributed by atoms with E-state index < -0.39 is 0 Å². The van der Waals surface area contributed by atoms with Gasteiger partial charge in [0.05, 0.1) is 5.92 Å². The summed E-state index contributed by atoms with van der Waals surface area (Å²) in [5, 5.41) is 0. The summed E-state index contributed by atoms with van der Waals surface area (Å²) in [5.74, 6) is 1.40. The number of allylic oxidation sites excluding steroid dienone is 1. The number of hydrogen-bond donors (Lipinski definition) is 0. The van der Waals surface area contributed by atoms with Gasteiger partial charge in [0.15, 0.2) is 0 Å². The predicted molar refractivity (Wildman–Crippen MR) is 86.0 cm³/mol. The van der Waals surface area contributed by atoms with Crippen molar-refractivity contribution in [2.45, 2.75) is 71.1 Å². The van der Waals surface area contributed by atoms with Crippen LogP contribution in [-0.2, 0) is 9.59 Å². The molecule has 2 rings (SSSR count). The third-order valence-electron chi connectivity index (χ3n) is 5.64. The highest BCUT2D eigenvalue weighted by Gasteiger charge is 2.33. The van der Waals surface area contributed by atoms with Crippen LogP contribution in [0.5, 0.6) is 0 Å². The Balaban J connectivity index is 1.91. The topological polar surface area (TPSA) is 34.1 Å². The summed E-state index contributed by atoms with van der Waals surface area (Å²) in [6.07, 6.45) is 13.1. The minimum atomic E-state index is -0.321. The molecule has 1 atom stereocenters. The molecule has 2 heteroatoms. The molecule has 2 aliphatic rings. The zero-order valence-corrected chi connectivity index (χ0v) is 13.5. The molecule has 2 saturated carbocycles. The number of carbonyl (C=O) groups excluding carboxylic acids is 2. The SMILES string of the molecule is C=CC1CCC(CC(C(C)=O)C(=O)C2CCCCC2)CC1. The van der Waals surface area contributed by atoms with Gasteiger partial charge in [-0.1, -0.05) is 25.3 Å². The summed E-state index contributed by atoms with van der Waals surface area (Å²) in [7, 11) is 0. The van der Waals surface area contributed by atoms with E-state index in [2.05, 4.69) is 12.7 Å². The maximum atomic E-state index is 12.7. The number of hydrogen-bond acceptors (Lipinski definition) is 2. The number of ketones is 2. The maximum absolute atomic E-state index is 12.7. The van der Waals surface area contributed by atoms with Gasteiger partial charge in [-0.15, -0.1) is 6.58 Å². The Kier molecular flexibility index (Phi) is 6.20. The third kappa shape index (κ3) is 4.52. The van der Waals surface area contributed by atoms with Crippen LogP contribution in [-0.4, -0.2) is 11.6 Å². The normalized spacial score (nSPS) is 28.8. The highest BCUT2D eigenvalue weighted by Crippen LogP contribution is 2.35. The molecule has 0 bridgehead atoms. The van der Waals surface area contributed by atoms with Crippen molar-refractivity contribution in [3.8, 4) is 0 Å². The molecule has 2 aliphatic carbocycles. The van der Waals surface area contributed by atoms with Gasteiger partial charge in [-0.05, 0) is 63.7 Å². The van der Waals surface area contributed by atoms with Gasteiger partial charge in [0, 0.05) is 5.92 Å². The van der Waals surface area contributed by atoms with Crippen LogP contribution < -0.4 is 0 Å². The van der Waals surface area contributed by atoms with Crippen molar-refractivity contribution in [1.29, 1.82) is 0 Å². The van der Waals surface area contributed by atoms with Gasteiger partial charge in [0.1, 0.15) is 11.6 Å². The van der Waals surface area contributed by atoms with Crippen molar-refractivity contribution >= 4 is 11.6 Å². The van der Waals surface area contributed by atoms with E-state index in [-0.39, 0.29) is 23.4 Å². The van der Waals surface area contributed by atoms with Gasteiger partial charge in [-0.25, -0.2) is 0 Å². The van der Waals surface area contributed by atoms with Gasteiger partial charge >= 0.3 is 0 Å². The van der Waals surface area contributed by atoms with Crippen molar-refractivity contribution < 1.29 is 9.59 Å². The Labute approximate surface area is 129 Å². The predicted octanol–water partition coefficient (Wildman–Crippen LogP) is 4.72. The van der Waals surface area contributed by atoms with E-state index in [4.69, 9.17) is 0 Å². The largest absolute Gasteiger partial charge is 0.299 e. The first-order chi connectivity index (χ1) is 10.1. The Morgan fingerprint density at radius 3 is 2.19 bits per heavy atom. The molecule has 0 aromatic rings. The Morgan fingerprint density at radius 1 is 1.05 bits per heavy atom. The van der Waals surface area contributed by atoms with Crippen LogP contribution in [0.15, 0.2) is 12.7 Å². The lowest BCUT2D eigenvalue weighted by Crippen LogP contribution is -2.32. The van der Waals surface area contributed by atoms with Crippen LogP contribution in [0.2, 0.25) is 0 Å². The summed E-state index contributed by atoms with van der Waals surface area (Å²) in [4.78, 5) is 24.7. The first-order valence-electron chi connectivity index (χ1n) is 8.78. The first kappa shape index (κ1) is 16.5. The molecule has 0 saturated heterocycles. The van der Waals surface area contributed by atoms with E-state index >= 15 is 0 Å². The minimum absolute atomic E-state index is 0.0939. The molecule has 118 valence electrons. The fourth-order valence-corrected chi connectivity index (χ4v) is 4.15. The van der Waals surface area contributed by atoms with Gasteiger partial charge in [0.25, 0.3) is 0 Å². The van der Waals surface area contributed by atoms with Gasteiger partial charge in [-0.2, -0.15) is 0 Å². The fourth-order valence-electron chi connectivity index (χ4n) is 4.15. The van der Waals surface area contributed by atoms with Crippen molar-refractivity contribution in [2.24, 2.45) is 23.7 Å². The molecule has 0 heterocycles. The van der Waals surface area contributed by atoms with E-state index in [1.54, 1.807) is 6.92 Å². The standard InChI is InChI=1S/C19H30O2/c1-3-15-9-11-16(12-10-15)13-18(14(2)20)19(21)17-7-5-4-6-8-17/h3,15-18H,1,4-13H2,2H3. The molecule has 0 radical (unpaired) electrons. The zero-order valence-electron chi connectivity index (χ0n) is 13.5. The average molecular weight is 290 g/mol. The lowest BCUT2D eigenvalue weighted by atomic mass is 9.73. The van der Waals surface area contributed by atoms with Crippen molar-refractivity contribution in [3.63, 3.8) is 0 Å². The molecule has 0 aromatic heterocycles. The minimum Gasteiger partial charge on any atom is -0.299 e. The van der Waals surface area contributed by atoms with Gasteiger partial charge in [-0.3, -0.25) is 9.59 Å². The second-order valence-corrected chi connectivity index (χ2v) is 7.15. The molecular weight excluding hydrogens is 260 g/mol. The molecule has 21 heavy (non-hydrogen) atoms. The van der Waals surface area contributed by atoms with E-state index in [0.29, 0.717) is 11.8 Å². The van der Waals surface area contributed by atoms with Crippen LogP contribution in [0.4, 0.5) is 0 Å². The molecule has 0 aliphatic heterocycles. The van der Waals surface area contributed by atoms with E-state index in [9.17, 15) is 9.59 Å². The highest BCUT2D eigenvalue weighted by atomic mass is 16.1. The third-order valence-corrected chi connectivity index (χ3v) is 5.64. The Bertz CT molecular complexity index is 371. The van der Waals surface area contributed by atoms with Crippen molar-refractivity contribution in [1.82, 2.24) is 0 Å². The summed E-state index contributed by atoms with van der Waals surface area (Å²) in [6, 6.07) is 0. The molecular formula is C19H30O2. The van der Waals surface area contributed by atoms with Gasteiger partial charge < -0.3 is 0 Å². The van der Waals surface area contributed by atoms with E-state index in [1.165, 1.54) is 19.3 Å². The molecule has 1 unspecified atom stereocenters. The fraction of sp³-hybridized carbons (Fsp3) is 0.789. The highest BCUT2D eigenvalue weighted by molar-refractivity contribution is 6.02.